The Kier molecular flexibility index (Phi) is 11.1. The quantitative estimate of drug-likeness (QED) is 0.0995. The van der Waals surface area contributed by atoms with Crippen LogP contribution >= 0.6 is 15.9 Å². The number of nitrogens with one attached hydrogen (secondary N) is 2. The predicted molar refractivity (Wildman–Crippen MR) is 177 cm³/mol. The lowest BCUT2D eigenvalue weighted by Crippen LogP contribution is -2.52. The van der Waals surface area contributed by atoms with E-state index >= 15 is 0 Å². The predicted octanol–water partition coefficient (Wildman–Crippen LogP) is 7.41. The lowest BCUT2D eigenvalue weighted by molar-refractivity contribution is -0.137. The molecule has 0 saturated carbocycles. The summed E-state index contributed by atoms with van der Waals surface area (Å²) in [4.78, 5) is 19.2. The van der Waals surface area contributed by atoms with Crippen molar-refractivity contribution in [1.82, 2.24) is 10.9 Å². The summed E-state index contributed by atoms with van der Waals surface area (Å²) >= 11 is 3.46. The van der Waals surface area contributed by atoms with Crippen LogP contribution < -0.4 is 15.6 Å². The zero-order chi connectivity index (χ0) is 33.3. The zero-order valence-corrected chi connectivity index (χ0v) is 26.8. The fourth-order valence-electron chi connectivity index (χ4n) is 5.08. The Bertz CT molecular complexity index is 1700. The van der Waals surface area contributed by atoms with Crippen LogP contribution in [0.1, 0.15) is 46.8 Å². The molecular weight excluding hydrogens is 675 g/mol. The molecule has 1 aliphatic heterocycles. The topological polar surface area (TPSA) is 92.2 Å². The summed E-state index contributed by atoms with van der Waals surface area (Å²) in [6.07, 6.45) is -0.921. The fraction of sp³-hybridized carbons (Fsp3) is 0.222. The molecule has 0 saturated heterocycles. The molecule has 47 heavy (non-hydrogen) atoms. The third-order valence-electron chi connectivity index (χ3n) is 7.49. The molecule has 0 bridgehead atoms. The smallest absolute Gasteiger partial charge is 0.416 e. The number of hydrazine groups is 1. The Morgan fingerprint density at radius 2 is 1.74 bits per heavy atom. The minimum atomic E-state index is -4.48. The van der Waals surface area contributed by atoms with Crippen molar-refractivity contribution in [2.75, 3.05) is 13.2 Å². The van der Waals surface area contributed by atoms with Gasteiger partial charge >= 0.3 is 6.18 Å². The standard InChI is InChI=1S/C36H33BrF3N3O4/c37-30-16-12-27(13-17-30)32-35(20-5-10-25-7-2-1-3-8-25,34(45)43-41-24-26-9-4-11-29(23-26)36(38,39)40)42-33(47-32)28-14-18-31(19-15-28)46-22-6-21-44/h1-5,7-19,23,32,41,44H,6,20-22,24H2,(H,43,45)/b10-5+/t32-,35-/m0/s1. The van der Waals surface area contributed by atoms with Crippen molar-refractivity contribution in [2.45, 2.75) is 37.2 Å². The molecule has 1 amide bonds. The zero-order valence-electron chi connectivity index (χ0n) is 25.2. The van der Waals surface area contributed by atoms with Crippen molar-refractivity contribution in [3.8, 4) is 5.75 Å². The van der Waals surface area contributed by atoms with Crippen LogP contribution in [0.5, 0.6) is 5.75 Å². The molecule has 1 aliphatic rings. The molecule has 244 valence electrons. The van der Waals surface area contributed by atoms with E-state index in [1.54, 1.807) is 30.3 Å². The highest BCUT2D eigenvalue weighted by atomic mass is 79.9. The molecule has 0 aliphatic carbocycles. The number of aliphatic hydroxyl groups is 1. The molecule has 4 aromatic carbocycles. The summed E-state index contributed by atoms with van der Waals surface area (Å²) in [5, 5.41) is 9.04. The van der Waals surface area contributed by atoms with Gasteiger partial charge in [0, 0.05) is 36.0 Å². The number of hydrogen-bond donors (Lipinski definition) is 3. The molecule has 2 atom stereocenters. The van der Waals surface area contributed by atoms with Crippen LogP contribution in [0.3, 0.4) is 0 Å². The van der Waals surface area contributed by atoms with Gasteiger partial charge in [-0.15, -0.1) is 0 Å². The Balaban J connectivity index is 1.47. The minimum absolute atomic E-state index is 0.0256. The SMILES string of the molecule is O=C(NNCc1cccc(C(F)(F)F)c1)[C@@]1(C/C=C/c2ccccc2)N=C(c2ccc(OCCCO)cc2)O[C@H]1c1ccc(Br)cc1. The first-order chi connectivity index (χ1) is 22.7. The van der Waals surface area contributed by atoms with E-state index in [0.29, 0.717) is 35.5 Å². The number of ether oxygens (including phenoxy) is 2. The number of carbonyl (C=O) groups excluding carboxylic acids is 1. The van der Waals surface area contributed by atoms with Gasteiger partial charge in [0.2, 0.25) is 5.90 Å². The number of carbonyl (C=O) groups is 1. The number of hydrogen-bond acceptors (Lipinski definition) is 6. The number of halogens is 4. The largest absolute Gasteiger partial charge is 0.494 e. The van der Waals surface area contributed by atoms with Gasteiger partial charge in [0.15, 0.2) is 11.6 Å². The summed E-state index contributed by atoms with van der Waals surface area (Å²) in [5.41, 5.74) is 5.84. The second kappa shape index (κ2) is 15.4. The van der Waals surface area contributed by atoms with Gasteiger partial charge in [-0.3, -0.25) is 10.2 Å². The molecule has 1 heterocycles. The number of rotatable bonds is 13. The maximum atomic E-state index is 14.2. The summed E-state index contributed by atoms with van der Waals surface area (Å²) < 4.78 is 52.8. The number of aliphatic hydroxyl groups excluding tert-OH is 1. The van der Waals surface area contributed by atoms with E-state index in [-0.39, 0.29) is 25.5 Å². The fourth-order valence-corrected chi connectivity index (χ4v) is 5.35. The number of nitrogens with zero attached hydrogens (tertiary/aromatic N) is 1. The first-order valence-electron chi connectivity index (χ1n) is 14.9. The molecule has 4 aromatic rings. The molecule has 0 spiro atoms. The van der Waals surface area contributed by atoms with Crippen LogP contribution in [0.4, 0.5) is 13.2 Å². The molecule has 0 fully saturated rings. The van der Waals surface area contributed by atoms with Crippen LogP contribution in [-0.2, 0) is 22.3 Å². The number of amides is 1. The molecule has 7 nitrogen and oxygen atoms in total. The minimum Gasteiger partial charge on any atom is -0.494 e. The Hall–Kier alpha value is -4.45. The highest BCUT2D eigenvalue weighted by Crippen LogP contribution is 2.43. The first-order valence-corrected chi connectivity index (χ1v) is 15.7. The molecule has 0 radical (unpaired) electrons. The second-order valence-electron chi connectivity index (χ2n) is 10.9. The van der Waals surface area contributed by atoms with Gasteiger partial charge in [0.25, 0.3) is 5.91 Å². The van der Waals surface area contributed by atoms with E-state index in [4.69, 9.17) is 19.6 Å². The van der Waals surface area contributed by atoms with Crippen molar-refractivity contribution in [3.63, 3.8) is 0 Å². The summed E-state index contributed by atoms with van der Waals surface area (Å²) in [5.74, 6) is 0.342. The van der Waals surface area contributed by atoms with Crippen LogP contribution in [0, 0.1) is 0 Å². The summed E-state index contributed by atoms with van der Waals surface area (Å²) in [6.45, 7) is 0.338. The highest BCUT2D eigenvalue weighted by molar-refractivity contribution is 9.10. The highest BCUT2D eigenvalue weighted by Gasteiger charge is 2.52. The van der Waals surface area contributed by atoms with E-state index in [1.807, 2.05) is 66.7 Å². The van der Waals surface area contributed by atoms with E-state index in [9.17, 15) is 18.0 Å². The van der Waals surface area contributed by atoms with Gasteiger partial charge in [-0.1, -0.05) is 88.7 Å². The van der Waals surface area contributed by atoms with Gasteiger partial charge in [-0.05, 0) is 59.2 Å². The van der Waals surface area contributed by atoms with Crippen LogP contribution in [0.25, 0.3) is 6.08 Å². The third kappa shape index (κ3) is 8.68. The average molecular weight is 709 g/mol. The monoisotopic (exact) mass is 707 g/mol. The van der Waals surface area contributed by atoms with E-state index in [2.05, 4.69) is 26.8 Å². The number of alkyl halides is 3. The second-order valence-corrected chi connectivity index (χ2v) is 11.8. The Morgan fingerprint density at radius 1 is 1.00 bits per heavy atom. The van der Waals surface area contributed by atoms with Gasteiger partial charge in [0.1, 0.15) is 5.75 Å². The third-order valence-corrected chi connectivity index (χ3v) is 8.02. The van der Waals surface area contributed by atoms with E-state index < -0.39 is 29.3 Å². The van der Waals surface area contributed by atoms with Gasteiger partial charge in [-0.2, -0.15) is 13.2 Å². The molecule has 0 unspecified atom stereocenters. The van der Waals surface area contributed by atoms with Crippen LogP contribution in [0.2, 0.25) is 0 Å². The normalized spacial score (nSPS) is 17.7. The average Bonchev–Trinajstić information content (AvgIpc) is 3.46. The lowest BCUT2D eigenvalue weighted by Gasteiger charge is -2.30. The van der Waals surface area contributed by atoms with Crippen molar-refractivity contribution >= 4 is 33.8 Å². The maximum absolute atomic E-state index is 14.2. The number of aliphatic imine (C=N–C) groups is 1. The van der Waals surface area contributed by atoms with Crippen molar-refractivity contribution < 1.29 is 32.5 Å². The Morgan fingerprint density at radius 3 is 2.45 bits per heavy atom. The summed E-state index contributed by atoms with van der Waals surface area (Å²) in [7, 11) is 0. The van der Waals surface area contributed by atoms with Crippen molar-refractivity contribution in [2.24, 2.45) is 4.99 Å². The molecule has 11 heteroatoms. The summed E-state index contributed by atoms with van der Waals surface area (Å²) in [6, 6.07) is 29.0. The maximum Gasteiger partial charge on any atom is 0.416 e. The molecule has 0 aromatic heterocycles. The molecule has 3 N–H and O–H groups in total. The van der Waals surface area contributed by atoms with Crippen molar-refractivity contribution in [3.05, 3.63) is 141 Å². The van der Waals surface area contributed by atoms with E-state index in [1.165, 1.54) is 6.07 Å². The van der Waals surface area contributed by atoms with Gasteiger partial charge in [0.05, 0.1) is 12.2 Å². The first kappa shape index (κ1) is 33.9. The number of benzene rings is 4. The molecule has 5 rings (SSSR count). The van der Waals surface area contributed by atoms with Crippen molar-refractivity contribution in [1.29, 1.82) is 0 Å². The van der Waals surface area contributed by atoms with Crippen LogP contribution in [-0.4, -0.2) is 35.7 Å². The van der Waals surface area contributed by atoms with Gasteiger partial charge < -0.3 is 14.6 Å². The lowest BCUT2D eigenvalue weighted by atomic mass is 9.84. The van der Waals surface area contributed by atoms with Crippen LogP contribution in [0.15, 0.2) is 119 Å². The molecular formula is C36H33BrF3N3O4. The van der Waals surface area contributed by atoms with Gasteiger partial charge in [-0.25, -0.2) is 10.4 Å². The van der Waals surface area contributed by atoms with E-state index in [0.717, 1.165) is 22.2 Å². The Labute approximate surface area is 279 Å².